The molecule has 3 unspecified atom stereocenters. The highest BCUT2D eigenvalue weighted by Gasteiger charge is 2.66. The number of Topliss-reactive ketones (excluding diaryl/α,β-unsaturated/α-hetero) is 1. The summed E-state index contributed by atoms with van der Waals surface area (Å²) in [6.45, 7) is 8.34. The molecule has 29 heavy (non-hydrogen) atoms. The van der Waals surface area contributed by atoms with Crippen molar-refractivity contribution < 1.29 is 14.3 Å². The molecular formula is C23H32ClNO3Si. The van der Waals surface area contributed by atoms with Crippen molar-refractivity contribution >= 4 is 25.7 Å². The zero-order valence-corrected chi connectivity index (χ0v) is 19.7. The number of alkyl halides is 1. The monoisotopic (exact) mass is 433 g/mol. The van der Waals surface area contributed by atoms with Crippen LogP contribution in [0.1, 0.15) is 58.8 Å². The van der Waals surface area contributed by atoms with Gasteiger partial charge >= 0.3 is 0 Å². The number of nitriles is 1. The predicted molar refractivity (Wildman–Crippen MR) is 115 cm³/mol. The lowest BCUT2D eigenvalue weighted by molar-refractivity contribution is -0.120. The third-order valence-electron chi connectivity index (χ3n) is 8.87. The summed E-state index contributed by atoms with van der Waals surface area (Å²) in [5.41, 5.74) is 1.42. The molecule has 4 nitrogen and oxygen atoms in total. The molecule has 0 heterocycles. The highest BCUT2D eigenvalue weighted by Crippen LogP contribution is 2.66. The Kier molecular flexibility index (Phi) is 4.89. The number of aliphatic hydroxyl groups is 1. The van der Waals surface area contributed by atoms with Gasteiger partial charge in [-0.1, -0.05) is 37.1 Å². The lowest BCUT2D eigenvalue weighted by atomic mass is 9.51. The fourth-order valence-electron chi connectivity index (χ4n) is 6.99. The molecule has 0 radical (unpaired) electrons. The Morgan fingerprint density at radius 2 is 2.07 bits per heavy atom. The number of fused-ring (bicyclic) bond motifs is 5. The first kappa shape index (κ1) is 21.2. The van der Waals surface area contributed by atoms with Gasteiger partial charge in [0.15, 0.2) is 0 Å². The van der Waals surface area contributed by atoms with E-state index >= 15 is 0 Å². The van der Waals surface area contributed by atoms with Crippen molar-refractivity contribution in [2.24, 2.45) is 22.7 Å². The zero-order chi connectivity index (χ0) is 21.2. The molecule has 4 aliphatic carbocycles. The SMILES string of the molecule is C[C@]12CCC(=O)CC1=CCC1C2=CC[C@@]2(C)C1CC[C@]2(O)C(Cl)[Si](C)(C)OC#N. The van der Waals surface area contributed by atoms with Crippen molar-refractivity contribution in [3.63, 3.8) is 0 Å². The highest BCUT2D eigenvalue weighted by molar-refractivity contribution is 6.80. The molecule has 1 N–H and O–H groups in total. The van der Waals surface area contributed by atoms with Gasteiger partial charge in [0.2, 0.25) is 0 Å². The van der Waals surface area contributed by atoms with Crippen LogP contribution in [0.4, 0.5) is 0 Å². The van der Waals surface area contributed by atoms with Gasteiger partial charge in [0, 0.05) is 23.7 Å². The van der Waals surface area contributed by atoms with Crippen LogP contribution < -0.4 is 0 Å². The molecule has 0 spiro atoms. The van der Waals surface area contributed by atoms with E-state index in [1.165, 1.54) is 11.1 Å². The number of rotatable bonds is 3. The third-order valence-corrected chi connectivity index (χ3v) is 13.1. The molecule has 0 aromatic heterocycles. The van der Waals surface area contributed by atoms with E-state index in [2.05, 4.69) is 26.0 Å². The van der Waals surface area contributed by atoms with E-state index in [0.29, 0.717) is 36.9 Å². The van der Waals surface area contributed by atoms with Crippen LogP contribution >= 0.6 is 11.6 Å². The van der Waals surface area contributed by atoms with E-state index in [1.54, 1.807) is 0 Å². The maximum Gasteiger partial charge on any atom is 0.282 e. The molecule has 158 valence electrons. The van der Waals surface area contributed by atoms with Crippen LogP contribution in [0.15, 0.2) is 23.3 Å². The smallest absolute Gasteiger partial charge is 0.282 e. The normalized spacial score (nSPS) is 42.6. The second-order valence-electron chi connectivity index (χ2n) is 10.6. The number of nitrogens with zero attached hydrogens (tertiary/aromatic N) is 1. The minimum Gasteiger partial charge on any atom is -0.481 e. The van der Waals surface area contributed by atoms with E-state index in [-0.39, 0.29) is 10.8 Å². The number of ketones is 1. The summed E-state index contributed by atoms with van der Waals surface area (Å²) in [6.07, 6.45) is 12.0. The Hall–Kier alpha value is -1.09. The quantitative estimate of drug-likeness (QED) is 0.293. The van der Waals surface area contributed by atoms with Gasteiger partial charge in [0.25, 0.3) is 14.6 Å². The van der Waals surface area contributed by atoms with Crippen LogP contribution in [0.25, 0.3) is 0 Å². The molecule has 4 aliphatic rings. The number of carbonyl (C=O) groups is 1. The largest absolute Gasteiger partial charge is 0.481 e. The first-order valence-electron chi connectivity index (χ1n) is 10.8. The molecule has 4 rings (SSSR count). The van der Waals surface area contributed by atoms with Crippen LogP contribution in [-0.2, 0) is 9.22 Å². The molecule has 0 amide bonds. The van der Waals surface area contributed by atoms with Gasteiger partial charge in [-0.2, -0.15) is 5.26 Å². The van der Waals surface area contributed by atoms with Crippen LogP contribution in [-0.4, -0.2) is 29.8 Å². The summed E-state index contributed by atoms with van der Waals surface area (Å²) >= 11 is 6.90. The number of allylic oxidation sites excluding steroid dienone is 4. The molecule has 6 heteroatoms. The second kappa shape index (κ2) is 6.70. The summed E-state index contributed by atoms with van der Waals surface area (Å²) in [6, 6.07) is 0. The summed E-state index contributed by atoms with van der Waals surface area (Å²) < 4.78 is 5.39. The maximum atomic E-state index is 12.0. The molecule has 2 saturated carbocycles. The van der Waals surface area contributed by atoms with E-state index < -0.39 is 18.9 Å². The summed E-state index contributed by atoms with van der Waals surface area (Å²) in [7, 11) is -2.58. The Morgan fingerprint density at radius 1 is 1.34 bits per heavy atom. The van der Waals surface area contributed by atoms with Crippen LogP contribution in [0.5, 0.6) is 0 Å². The zero-order valence-electron chi connectivity index (χ0n) is 17.9. The van der Waals surface area contributed by atoms with Gasteiger partial charge in [0.05, 0.1) is 10.6 Å². The Labute approximate surface area is 180 Å². The van der Waals surface area contributed by atoms with E-state index in [0.717, 1.165) is 25.7 Å². The summed E-state index contributed by atoms with van der Waals surface area (Å²) in [5.74, 6) is 1.11. The first-order chi connectivity index (χ1) is 13.5. The van der Waals surface area contributed by atoms with Gasteiger partial charge in [-0.15, -0.1) is 11.6 Å². The Bertz CT molecular complexity index is 846. The lowest BCUT2D eigenvalue weighted by Crippen LogP contribution is -2.62. The van der Waals surface area contributed by atoms with Crippen molar-refractivity contribution in [1.29, 1.82) is 5.26 Å². The van der Waals surface area contributed by atoms with Crippen molar-refractivity contribution in [1.82, 2.24) is 0 Å². The third kappa shape index (κ3) is 2.82. The van der Waals surface area contributed by atoms with Gasteiger partial charge < -0.3 is 9.53 Å². The van der Waals surface area contributed by atoms with Crippen LogP contribution in [0.2, 0.25) is 13.1 Å². The van der Waals surface area contributed by atoms with Crippen LogP contribution in [0.3, 0.4) is 0 Å². The Morgan fingerprint density at radius 3 is 2.76 bits per heavy atom. The number of carbonyl (C=O) groups excluding carboxylic acids is 1. The van der Waals surface area contributed by atoms with Crippen molar-refractivity contribution in [2.75, 3.05) is 0 Å². The van der Waals surface area contributed by atoms with E-state index in [1.807, 2.05) is 19.3 Å². The van der Waals surface area contributed by atoms with Gasteiger partial charge in [-0.3, -0.25) is 4.79 Å². The highest BCUT2D eigenvalue weighted by atomic mass is 35.5. The molecule has 0 aromatic carbocycles. The number of halogens is 1. The number of hydrogen-bond acceptors (Lipinski definition) is 4. The van der Waals surface area contributed by atoms with E-state index in [9.17, 15) is 9.90 Å². The summed E-state index contributed by atoms with van der Waals surface area (Å²) in [5, 5.41) is 20.4. The van der Waals surface area contributed by atoms with E-state index in [4.69, 9.17) is 21.3 Å². The first-order valence-corrected chi connectivity index (χ1v) is 14.3. The summed E-state index contributed by atoms with van der Waals surface area (Å²) in [4.78, 5) is 12.0. The number of hydrogen-bond donors (Lipinski definition) is 1. The lowest BCUT2D eigenvalue weighted by Gasteiger charge is -2.55. The average Bonchev–Trinajstić information content (AvgIpc) is 2.94. The molecule has 6 atom stereocenters. The molecule has 0 aromatic rings. The van der Waals surface area contributed by atoms with Crippen molar-refractivity contribution in [3.8, 4) is 6.26 Å². The Balaban J connectivity index is 1.70. The fourth-order valence-corrected chi connectivity index (χ4v) is 9.45. The molecule has 0 aliphatic heterocycles. The molecule has 0 saturated heterocycles. The molecule has 0 bridgehead atoms. The van der Waals surface area contributed by atoms with Crippen molar-refractivity contribution in [3.05, 3.63) is 23.3 Å². The van der Waals surface area contributed by atoms with Gasteiger partial charge in [0.1, 0.15) is 5.78 Å². The minimum absolute atomic E-state index is 0.00281. The van der Waals surface area contributed by atoms with Crippen LogP contribution in [0, 0.1) is 34.2 Å². The predicted octanol–water partition coefficient (Wildman–Crippen LogP) is 5.02. The van der Waals surface area contributed by atoms with Crippen molar-refractivity contribution in [2.45, 2.75) is 82.5 Å². The second-order valence-corrected chi connectivity index (χ2v) is 15.4. The maximum absolute atomic E-state index is 12.0. The standard InChI is InChI=1S/C23H32ClNO3Si/c1-21-10-7-16(26)13-15(21)5-6-17-18(21)8-11-22(2)19(17)9-12-23(22,27)20(24)29(3,4)28-14-25/h5,8,17,19-20,27H,6-7,9-13H2,1-4H3/t17?,19?,20?,21-,22-,23-/m0/s1. The van der Waals surface area contributed by atoms with Gasteiger partial charge in [-0.25, -0.2) is 0 Å². The fraction of sp³-hybridized carbons (Fsp3) is 0.739. The molecular weight excluding hydrogens is 402 g/mol. The van der Waals surface area contributed by atoms with Gasteiger partial charge in [-0.05, 0) is 57.0 Å². The minimum atomic E-state index is -2.58. The average molecular weight is 434 g/mol. The molecule has 2 fully saturated rings. The topological polar surface area (TPSA) is 70.3 Å².